The van der Waals surface area contributed by atoms with Crippen LogP contribution in [0.4, 0.5) is 0 Å². The molecule has 0 atom stereocenters. The molecule has 80 valence electrons. The molecule has 0 N–H and O–H groups in total. The third kappa shape index (κ3) is 3.32. The third-order valence-electron chi connectivity index (χ3n) is 1.60. The van der Waals surface area contributed by atoms with E-state index in [9.17, 15) is 8.42 Å². The van der Waals surface area contributed by atoms with E-state index in [0.717, 1.165) is 11.2 Å². The first-order chi connectivity index (χ1) is 6.31. The molecule has 1 rings (SSSR count). The van der Waals surface area contributed by atoms with Gasteiger partial charge < -0.3 is 0 Å². The first kappa shape index (κ1) is 11.6. The van der Waals surface area contributed by atoms with Gasteiger partial charge in [0.05, 0.1) is 6.26 Å². The van der Waals surface area contributed by atoms with Gasteiger partial charge in [-0.1, -0.05) is 28.5 Å². The van der Waals surface area contributed by atoms with Crippen LogP contribution in [0.5, 0.6) is 0 Å². The lowest BCUT2D eigenvalue weighted by atomic mass is 10.4. The fourth-order valence-corrected chi connectivity index (χ4v) is 4.70. The van der Waals surface area contributed by atoms with E-state index in [1.807, 2.05) is 42.8 Å². The second-order valence-electron chi connectivity index (χ2n) is 3.32. The Morgan fingerprint density at radius 2 is 1.50 bits per heavy atom. The lowest BCUT2D eigenvalue weighted by Gasteiger charge is -2.29. The molecule has 14 heavy (non-hydrogen) atoms. The second kappa shape index (κ2) is 3.92. The molecule has 0 aromatic heterocycles. The highest BCUT2D eigenvalue weighted by Crippen LogP contribution is 2.50. The average molecular weight is 234 g/mol. The van der Waals surface area contributed by atoms with Crippen LogP contribution in [0.15, 0.2) is 35.2 Å². The predicted octanol–water partition coefficient (Wildman–Crippen LogP) is 2.00. The van der Waals surface area contributed by atoms with E-state index < -0.39 is 20.4 Å². The van der Waals surface area contributed by atoms with Crippen molar-refractivity contribution in [3.63, 3.8) is 0 Å². The summed E-state index contributed by atoms with van der Waals surface area (Å²) in [6.07, 6.45) is 4.69. The number of hydrogen-bond acceptors (Lipinski definition) is 3. The number of rotatable bonds is 3. The van der Waals surface area contributed by atoms with Crippen LogP contribution in [0.3, 0.4) is 0 Å². The van der Waals surface area contributed by atoms with E-state index in [-0.39, 0.29) is 0 Å². The fraction of sp³-hybridized carbons (Fsp3) is 0.333. The van der Waals surface area contributed by atoms with E-state index in [1.165, 1.54) is 0 Å². The van der Waals surface area contributed by atoms with Gasteiger partial charge in [-0.3, -0.25) is 0 Å². The van der Waals surface area contributed by atoms with Gasteiger partial charge in [0.1, 0.15) is 0 Å². The summed E-state index contributed by atoms with van der Waals surface area (Å²) in [5, 5.41) is 0. The molecule has 0 fully saturated rings. The molecule has 0 unspecified atom stereocenters. The molecular weight excluding hydrogens is 220 g/mol. The minimum atomic E-state index is -3.39. The predicted molar refractivity (Wildman–Crippen MR) is 60.1 cm³/mol. The Labute approximate surface area is 86.7 Å². The molecule has 1 aromatic carbocycles. The van der Waals surface area contributed by atoms with Crippen molar-refractivity contribution in [3.05, 3.63) is 30.3 Å². The molecule has 0 heterocycles. The lowest BCUT2D eigenvalue weighted by molar-refractivity contribution is 0.519. The summed E-state index contributed by atoms with van der Waals surface area (Å²) in [6, 6.07) is 9.38. The third-order valence-corrected chi connectivity index (χ3v) is 5.36. The molecule has 0 saturated heterocycles. The molecule has 0 bridgehead atoms. The molecule has 0 aliphatic heterocycles. The van der Waals surface area contributed by atoms with Crippen molar-refractivity contribution in [2.24, 2.45) is 0 Å². The Hall–Kier alpha value is -0.520. The van der Waals surface area contributed by atoms with Gasteiger partial charge in [0.15, 0.2) is 0 Å². The summed E-state index contributed by atoms with van der Waals surface area (Å²) >= 11 is 0. The van der Waals surface area contributed by atoms with Gasteiger partial charge in [0.25, 0.3) is 10.1 Å². The summed E-state index contributed by atoms with van der Waals surface area (Å²) in [5.41, 5.74) is 0. The van der Waals surface area contributed by atoms with Crippen LogP contribution in [0, 0.1) is 0 Å². The highest BCUT2D eigenvalue weighted by molar-refractivity contribution is 8.32. The number of hydrogen-bond donors (Lipinski definition) is 0. The van der Waals surface area contributed by atoms with Crippen molar-refractivity contribution < 1.29 is 12.0 Å². The van der Waals surface area contributed by atoms with E-state index in [2.05, 4.69) is 0 Å². The summed E-state index contributed by atoms with van der Waals surface area (Å²) in [7, 11) is -5.10. The van der Waals surface area contributed by atoms with Crippen LogP contribution in [0.2, 0.25) is 0 Å². The average Bonchev–Trinajstić information content (AvgIpc) is 2.01. The minimum Gasteiger partial charge on any atom is -0.216 e. The smallest absolute Gasteiger partial charge is 0.216 e. The maximum absolute atomic E-state index is 11.0. The standard InChI is InChI=1S/C9H14O3S2/c1-13(2,12-14(3,10)11)9-7-5-4-6-8-9/h4-8H,1-3H3. The lowest BCUT2D eigenvalue weighted by Crippen LogP contribution is -2.08. The molecule has 3 nitrogen and oxygen atoms in total. The molecular formula is C9H14O3S2. The van der Waals surface area contributed by atoms with Crippen LogP contribution in [-0.4, -0.2) is 27.2 Å². The first-order valence-corrected chi connectivity index (χ1v) is 8.20. The van der Waals surface area contributed by atoms with Crippen molar-refractivity contribution in [2.45, 2.75) is 4.90 Å². The first-order valence-electron chi connectivity index (χ1n) is 4.01. The molecule has 5 heteroatoms. The molecule has 0 saturated carbocycles. The SMILES string of the molecule is CS(C)(OS(C)(=O)=O)c1ccccc1. The topological polar surface area (TPSA) is 43.4 Å². The summed E-state index contributed by atoms with van der Waals surface area (Å²) in [6.45, 7) is 0. The molecule has 0 aliphatic rings. The van der Waals surface area contributed by atoms with E-state index in [0.29, 0.717) is 0 Å². The Morgan fingerprint density at radius 1 is 1.00 bits per heavy atom. The summed E-state index contributed by atoms with van der Waals surface area (Å²) < 4.78 is 27.1. The van der Waals surface area contributed by atoms with E-state index >= 15 is 0 Å². The van der Waals surface area contributed by atoms with Gasteiger partial charge in [0, 0.05) is 4.90 Å². The maximum atomic E-state index is 11.0. The molecule has 0 amide bonds. The van der Waals surface area contributed by atoms with Crippen LogP contribution in [0.1, 0.15) is 0 Å². The van der Waals surface area contributed by atoms with Crippen molar-refractivity contribution in [2.75, 3.05) is 18.8 Å². The van der Waals surface area contributed by atoms with Crippen molar-refractivity contribution >= 4 is 20.4 Å². The Balaban J connectivity index is 2.97. The largest absolute Gasteiger partial charge is 0.273 e. The normalized spacial score (nSPS) is 13.9. The zero-order valence-corrected chi connectivity index (χ0v) is 10.1. The molecule has 0 spiro atoms. The zero-order valence-electron chi connectivity index (χ0n) is 8.43. The highest BCUT2D eigenvalue weighted by Gasteiger charge is 2.20. The Kier molecular flexibility index (Phi) is 3.24. The van der Waals surface area contributed by atoms with Gasteiger partial charge in [-0.25, -0.2) is 3.63 Å². The van der Waals surface area contributed by atoms with Gasteiger partial charge >= 0.3 is 0 Å². The summed E-state index contributed by atoms with van der Waals surface area (Å²) in [4.78, 5) is 0.922. The second-order valence-corrected chi connectivity index (χ2v) is 8.21. The Bertz CT molecular complexity index is 395. The van der Waals surface area contributed by atoms with Crippen LogP contribution in [0.25, 0.3) is 0 Å². The minimum absolute atomic E-state index is 0.922. The molecule has 0 aliphatic carbocycles. The van der Waals surface area contributed by atoms with Crippen LogP contribution in [-0.2, 0) is 13.7 Å². The van der Waals surface area contributed by atoms with Crippen LogP contribution >= 0.6 is 10.3 Å². The maximum Gasteiger partial charge on any atom is 0.273 e. The van der Waals surface area contributed by atoms with Crippen LogP contribution < -0.4 is 0 Å². The molecule has 1 aromatic rings. The Morgan fingerprint density at radius 3 is 1.93 bits per heavy atom. The van der Waals surface area contributed by atoms with Gasteiger partial charge in [-0.2, -0.15) is 8.42 Å². The number of benzene rings is 1. The summed E-state index contributed by atoms with van der Waals surface area (Å²) in [5.74, 6) is 0. The molecule has 0 radical (unpaired) electrons. The van der Waals surface area contributed by atoms with Gasteiger partial charge in [0.2, 0.25) is 0 Å². The highest BCUT2D eigenvalue weighted by atomic mass is 32.3. The van der Waals surface area contributed by atoms with Gasteiger partial charge in [-0.15, -0.1) is 0 Å². The van der Waals surface area contributed by atoms with Crippen molar-refractivity contribution in [1.82, 2.24) is 0 Å². The quantitative estimate of drug-likeness (QED) is 0.803. The van der Waals surface area contributed by atoms with Crippen molar-refractivity contribution in [1.29, 1.82) is 0 Å². The van der Waals surface area contributed by atoms with Gasteiger partial charge in [-0.05, 0) is 24.6 Å². The monoisotopic (exact) mass is 234 g/mol. The van der Waals surface area contributed by atoms with E-state index in [4.69, 9.17) is 3.63 Å². The van der Waals surface area contributed by atoms with E-state index in [1.54, 1.807) is 0 Å². The zero-order chi connectivity index (χ0) is 10.8. The fourth-order valence-electron chi connectivity index (χ4n) is 1.10. The van der Waals surface area contributed by atoms with Crippen molar-refractivity contribution in [3.8, 4) is 0 Å².